The molecule has 0 heterocycles. The molecule has 0 saturated carbocycles. The van der Waals surface area contributed by atoms with E-state index in [0.717, 1.165) is 5.69 Å². The van der Waals surface area contributed by atoms with Crippen molar-refractivity contribution in [3.8, 4) is 0 Å². The lowest BCUT2D eigenvalue weighted by molar-refractivity contribution is -0.128. The van der Waals surface area contributed by atoms with Gasteiger partial charge >= 0.3 is 0 Å². The summed E-state index contributed by atoms with van der Waals surface area (Å²) in [6.07, 6.45) is 0.363. The Bertz CT molecular complexity index is 486. The number of carbonyl (C=O) groups is 1. The summed E-state index contributed by atoms with van der Waals surface area (Å²) >= 11 is 0. The summed E-state index contributed by atoms with van der Waals surface area (Å²) in [6.45, 7) is 4.49. The standard InChI is InChI=1S/C14H22N4O.HI/c1-10-5-6-12(9-11(10)2)17-14(15)16-8-7-13(19)18(3)4;/h5-6,9H,7-8H2,1-4H3,(H3,15,16,17);1H. The van der Waals surface area contributed by atoms with Crippen LogP contribution in [-0.2, 0) is 4.79 Å². The predicted octanol–water partition coefficient (Wildman–Crippen LogP) is 2.13. The number of nitrogens with zero attached hydrogens (tertiary/aromatic N) is 2. The second kappa shape index (κ2) is 8.78. The summed E-state index contributed by atoms with van der Waals surface area (Å²) < 4.78 is 0. The summed E-state index contributed by atoms with van der Waals surface area (Å²) in [5, 5.41) is 3.02. The monoisotopic (exact) mass is 390 g/mol. The first-order valence-corrected chi connectivity index (χ1v) is 6.24. The molecule has 6 heteroatoms. The van der Waals surface area contributed by atoms with Crippen molar-refractivity contribution < 1.29 is 4.79 Å². The number of rotatable bonds is 4. The highest BCUT2D eigenvalue weighted by atomic mass is 127. The number of nitrogens with two attached hydrogens (primary N) is 1. The van der Waals surface area contributed by atoms with Gasteiger partial charge in [-0.3, -0.25) is 9.79 Å². The van der Waals surface area contributed by atoms with Crippen LogP contribution in [0.2, 0.25) is 0 Å². The smallest absolute Gasteiger partial charge is 0.223 e. The maximum Gasteiger partial charge on any atom is 0.223 e. The Balaban J connectivity index is 0.00000361. The SMILES string of the molecule is Cc1ccc(NC(N)=NCCC(=O)N(C)C)cc1C.I. The average Bonchev–Trinajstić information content (AvgIpc) is 2.33. The Hall–Kier alpha value is -1.31. The van der Waals surface area contributed by atoms with Crippen LogP contribution in [0.3, 0.4) is 0 Å². The van der Waals surface area contributed by atoms with Crippen LogP contribution in [0.15, 0.2) is 23.2 Å². The number of anilines is 1. The number of benzene rings is 1. The molecule has 0 atom stereocenters. The van der Waals surface area contributed by atoms with Crippen LogP contribution in [0.4, 0.5) is 5.69 Å². The minimum atomic E-state index is 0. The van der Waals surface area contributed by atoms with E-state index in [1.165, 1.54) is 11.1 Å². The third-order valence-electron chi connectivity index (χ3n) is 2.89. The quantitative estimate of drug-likeness (QED) is 0.470. The number of hydrogen-bond acceptors (Lipinski definition) is 2. The molecule has 0 fully saturated rings. The van der Waals surface area contributed by atoms with Gasteiger partial charge in [0.05, 0.1) is 6.54 Å². The van der Waals surface area contributed by atoms with Crippen molar-refractivity contribution in [3.05, 3.63) is 29.3 Å². The zero-order valence-electron chi connectivity index (χ0n) is 12.4. The summed E-state index contributed by atoms with van der Waals surface area (Å²) in [7, 11) is 3.45. The van der Waals surface area contributed by atoms with Gasteiger partial charge in [0, 0.05) is 26.2 Å². The molecule has 0 spiro atoms. The van der Waals surface area contributed by atoms with Gasteiger partial charge < -0.3 is 16.0 Å². The summed E-state index contributed by atoms with van der Waals surface area (Å²) in [5.74, 6) is 0.373. The minimum Gasteiger partial charge on any atom is -0.370 e. The van der Waals surface area contributed by atoms with Crippen molar-refractivity contribution >= 4 is 41.5 Å². The first kappa shape index (κ1) is 18.7. The molecule has 20 heavy (non-hydrogen) atoms. The van der Waals surface area contributed by atoms with E-state index >= 15 is 0 Å². The van der Waals surface area contributed by atoms with E-state index in [2.05, 4.69) is 17.2 Å². The maximum atomic E-state index is 11.4. The first-order valence-electron chi connectivity index (χ1n) is 6.24. The molecule has 0 bridgehead atoms. The summed E-state index contributed by atoms with van der Waals surface area (Å²) in [5.41, 5.74) is 9.10. The van der Waals surface area contributed by atoms with Gasteiger partial charge in [0.2, 0.25) is 5.91 Å². The van der Waals surface area contributed by atoms with Gasteiger partial charge in [-0.25, -0.2) is 0 Å². The van der Waals surface area contributed by atoms with Gasteiger partial charge in [0.1, 0.15) is 0 Å². The molecule has 0 aliphatic carbocycles. The predicted molar refractivity (Wildman–Crippen MR) is 94.8 cm³/mol. The number of carbonyl (C=O) groups excluding carboxylic acids is 1. The van der Waals surface area contributed by atoms with E-state index in [1.54, 1.807) is 19.0 Å². The summed E-state index contributed by atoms with van der Waals surface area (Å²) in [4.78, 5) is 17.0. The van der Waals surface area contributed by atoms with Gasteiger partial charge in [-0.15, -0.1) is 24.0 Å². The molecular weight excluding hydrogens is 367 g/mol. The lowest BCUT2D eigenvalue weighted by Gasteiger charge is -2.10. The minimum absolute atomic E-state index is 0. The Morgan fingerprint density at radius 1 is 1.30 bits per heavy atom. The highest BCUT2D eigenvalue weighted by molar-refractivity contribution is 14.0. The van der Waals surface area contributed by atoms with E-state index in [0.29, 0.717) is 18.9 Å². The fraction of sp³-hybridized carbons (Fsp3) is 0.429. The van der Waals surface area contributed by atoms with Crippen molar-refractivity contribution in [1.29, 1.82) is 0 Å². The Labute approximate surface area is 137 Å². The van der Waals surface area contributed by atoms with Crippen molar-refractivity contribution in [1.82, 2.24) is 4.90 Å². The maximum absolute atomic E-state index is 11.4. The van der Waals surface area contributed by atoms with Gasteiger partial charge in [0.15, 0.2) is 5.96 Å². The largest absolute Gasteiger partial charge is 0.370 e. The molecule has 0 saturated heterocycles. The molecule has 112 valence electrons. The fourth-order valence-corrected chi connectivity index (χ4v) is 1.50. The van der Waals surface area contributed by atoms with Gasteiger partial charge in [-0.1, -0.05) is 6.07 Å². The van der Waals surface area contributed by atoms with Crippen LogP contribution < -0.4 is 11.1 Å². The van der Waals surface area contributed by atoms with Crippen molar-refractivity contribution in [3.63, 3.8) is 0 Å². The molecule has 3 N–H and O–H groups in total. The molecule has 0 radical (unpaired) electrons. The molecule has 1 aromatic carbocycles. The van der Waals surface area contributed by atoms with Crippen LogP contribution in [-0.4, -0.2) is 37.4 Å². The van der Waals surface area contributed by atoms with Gasteiger partial charge in [0.25, 0.3) is 0 Å². The van der Waals surface area contributed by atoms with E-state index in [9.17, 15) is 4.79 Å². The number of amides is 1. The number of guanidine groups is 1. The molecular formula is C14H23IN4O. The van der Waals surface area contributed by atoms with Gasteiger partial charge in [-0.2, -0.15) is 0 Å². The van der Waals surface area contributed by atoms with Crippen molar-refractivity contribution in [2.75, 3.05) is 26.0 Å². The van der Waals surface area contributed by atoms with Crippen LogP contribution in [0.25, 0.3) is 0 Å². The second-order valence-electron chi connectivity index (χ2n) is 4.73. The second-order valence-corrected chi connectivity index (χ2v) is 4.73. The van der Waals surface area contributed by atoms with E-state index in [-0.39, 0.29) is 29.9 Å². The zero-order chi connectivity index (χ0) is 14.4. The zero-order valence-corrected chi connectivity index (χ0v) is 14.8. The molecule has 0 aromatic heterocycles. The molecule has 0 unspecified atom stereocenters. The Morgan fingerprint density at radius 3 is 2.50 bits per heavy atom. The molecule has 5 nitrogen and oxygen atoms in total. The van der Waals surface area contributed by atoms with Crippen LogP contribution in [0.5, 0.6) is 0 Å². The molecule has 0 aliphatic rings. The van der Waals surface area contributed by atoms with Crippen LogP contribution in [0.1, 0.15) is 17.5 Å². The Kier molecular flexibility index (Phi) is 8.21. The lowest BCUT2D eigenvalue weighted by Crippen LogP contribution is -2.25. The number of halogens is 1. The van der Waals surface area contributed by atoms with E-state index < -0.39 is 0 Å². The molecule has 1 rings (SSSR count). The highest BCUT2D eigenvalue weighted by Gasteiger charge is 2.02. The van der Waals surface area contributed by atoms with Gasteiger partial charge in [-0.05, 0) is 37.1 Å². The third-order valence-corrected chi connectivity index (χ3v) is 2.89. The Morgan fingerprint density at radius 2 is 1.95 bits per heavy atom. The average molecular weight is 390 g/mol. The van der Waals surface area contributed by atoms with E-state index in [4.69, 9.17) is 5.73 Å². The topological polar surface area (TPSA) is 70.7 Å². The number of aryl methyl sites for hydroxylation is 2. The van der Waals surface area contributed by atoms with Crippen molar-refractivity contribution in [2.24, 2.45) is 10.7 Å². The lowest BCUT2D eigenvalue weighted by atomic mass is 10.1. The molecule has 1 aromatic rings. The third kappa shape index (κ3) is 6.23. The van der Waals surface area contributed by atoms with E-state index in [1.807, 2.05) is 25.1 Å². The molecule has 1 amide bonds. The molecule has 0 aliphatic heterocycles. The first-order chi connectivity index (χ1) is 8.90. The number of hydrogen-bond donors (Lipinski definition) is 2. The van der Waals surface area contributed by atoms with Crippen molar-refractivity contribution in [2.45, 2.75) is 20.3 Å². The fourth-order valence-electron chi connectivity index (χ4n) is 1.50. The van der Waals surface area contributed by atoms with Crippen LogP contribution in [0, 0.1) is 13.8 Å². The summed E-state index contributed by atoms with van der Waals surface area (Å²) in [6, 6.07) is 6.00. The van der Waals surface area contributed by atoms with Crippen LogP contribution >= 0.6 is 24.0 Å². The number of nitrogens with one attached hydrogen (secondary N) is 1. The normalized spacial score (nSPS) is 10.7. The highest BCUT2D eigenvalue weighted by Crippen LogP contribution is 2.13. The number of aliphatic imine (C=N–C) groups is 1.